The first kappa shape index (κ1) is 7.98. The van der Waals surface area contributed by atoms with Gasteiger partial charge < -0.3 is 5.32 Å². The first-order chi connectivity index (χ1) is 5.24. The molecule has 0 aromatic heterocycles. The van der Waals surface area contributed by atoms with Gasteiger partial charge in [0.25, 0.3) is 0 Å². The molecule has 1 unspecified atom stereocenters. The molecule has 60 valence electrons. The van der Waals surface area contributed by atoms with Crippen molar-refractivity contribution in [2.45, 2.75) is 13.8 Å². The molecular weight excluding hydrogens is 140 g/mol. The van der Waals surface area contributed by atoms with Crippen LogP contribution >= 0.6 is 0 Å². The molecule has 11 heavy (non-hydrogen) atoms. The summed E-state index contributed by atoms with van der Waals surface area (Å²) >= 11 is 0. The fourth-order valence-corrected chi connectivity index (χ4v) is 0.984. The smallest absolute Gasteiger partial charge is 0.336 e. The lowest BCUT2D eigenvalue weighted by Gasteiger charge is -2.16. The minimum absolute atomic E-state index is 0.226. The van der Waals surface area contributed by atoms with E-state index in [2.05, 4.69) is 10.3 Å². The normalized spacial score (nSPS) is 25.1. The third-order valence-electron chi connectivity index (χ3n) is 1.63. The van der Waals surface area contributed by atoms with Crippen LogP contribution in [0.1, 0.15) is 13.8 Å². The molecule has 0 aliphatic carbocycles. The molecule has 0 bridgehead atoms. The van der Waals surface area contributed by atoms with E-state index in [1.54, 1.807) is 0 Å². The van der Waals surface area contributed by atoms with Crippen molar-refractivity contribution in [3.8, 4) is 0 Å². The average Bonchev–Trinajstić information content (AvgIpc) is 1.98. The third kappa shape index (κ3) is 1.90. The van der Waals surface area contributed by atoms with E-state index in [0.29, 0.717) is 12.5 Å². The number of nitrogens with one attached hydrogen (secondary N) is 1. The van der Waals surface area contributed by atoms with E-state index in [0.717, 1.165) is 5.71 Å². The molecule has 1 N–H and O–H groups in total. The maximum atomic E-state index is 10.8. The zero-order valence-electron chi connectivity index (χ0n) is 6.79. The number of urea groups is 1. The SMILES string of the molecule is C/C=C\C1=NC(=O)NCC1C. The molecule has 1 aliphatic heterocycles. The number of hydrogen-bond acceptors (Lipinski definition) is 1. The van der Waals surface area contributed by atoms with Gasteiger partial charge in [-0.1, -0.05) is 13.0 Å². The molecule has 1 rings (SSSR count). The van der Waals surface area contributed by atoms with Crippen LogP contribution in [0.2, 0.25) is 0 Å². The highest BCUT2D eigenvalue weighted by Gasteiger charge is 2.15. The highest BCUT2D eigenvalue weighted by molar-refractivity contribution is 6.05. The second kappa shape index (κ2) is 3.32. The molecule has 0 fully saturated rings. The monoisotopic (exact) mass is 152 g/mol. The molecule has 1 aliphatic rings. The van der Waals surface area contributed by atoms with Crippen LogP contribution in [-0.2, 0) is 0 Å². The van der Waals surface area contributed by atoms with Gasteiger partial charge in [-0.05, 0) is 13.0 Å². The number of allylic oxidation sites excluding steroid dienone is 2. The molecule has 3 heteroatoms. The Bertz CT molecular complexity index is 218. The van der Waals surface area contributed by atoms with Crippen LogP contribution in [0.15, 0.2) is 17.1 Å². The summed E-state index contributed by atoms with van der Waals surface area (Å²) in [6.45, 7) is 4.65. The summed E-state index contributed by atoms with van der Waals surface area (Å²) in [6.07, 6.45) is 3.78. The van der Waals surface area contributed by atoms with Gasteiger partial charge in [-0.15, -0.1) is 0 Å². The first-order valence-electron chi connectivity index (χ1n) is 3.73. The van der Waals surface area contributed by atoms with Crippen LogP contribution in [0.3, 0.4) is 0 Å². The van der Waals surface area contributed by atoms with Gasteiger partial charge in [-0.2, -0.15) is 4.99 Å². The van der Waals surface area contributed by atoms with Crippen LogP contribution in [0.25, 0.3) is 0 Å². The van der Waals surface area contributed by atoms with Crippen molar-refractivity contribution in [2.24, 2.45) is 10.9 Å². The van der Waals surface area contributed by atoms with Crippen LogP contribution in [-0.4, -0.2) is 18.3 Å². The fraction of sp³-hybridized carbons (Fsp3) is 0.500. The van der Waals surface area contributed by atoms with Crippen LogP contribution in [0.5, 0.6) is 0 Å². The van der Waals surface area contributed by atoms with Crippen molar-refractivity contribution in [1.29, 1.82) is 0 Å². The van der Waals surface area contributed by atoms with E-state index in [1.807, 2.05) is 26.0 Å². The number of aliphatic imine (C=N–C) groups is 1. The molecule has 1 atom stereocenters. The van der Waals surface area contributed by atoms with Gasteiger partial charge in [0.15, 0.2) is 0 Å². The van der Waals surface area contributed by atoms with Crippen LogP contribution < -0.4 is 5.32 Å². The Morgan fingerprint density at radius 3 is 3.09 bits per heavy atom. The lowest BCUT2D eigenvalue weighted by Crippen LogP contribution is -2.35. The van der Waals surface area contributed by atoms with Gasteiger partial charge in [-0.3, -0.25) is 0 Å². The Labute approximate surface area is 66.2 Å². The number of rotatable bonds is 1. The number of amides is 2. The quantitative estimate of drug-likeness (QED) is 0.605. The zero-order valence-corrected chi connectivity index (χ0v) is 6.79. The Kier molecular flexibility index (Phi) is 2.41. The molecular formula is C8H12N2O. The minimum Gasteiger partial charge on any atom is -0.336 e. The average molecular weight is 152 g/mol. The first-order valence-corrected chi connectivity index (χ1v) is 3.73. The highest BCUT2D eigenvalue weighted by atomic mass is 16.2. The summed E-state index contributed by atoms with van der Waals surface area (Å²) in [5, 5.41) is 2.66. The number of nitrogens with zero attached hydrogens (tertiary/aromatic N) is 1. The second-order valence-corrected chi connectivity index (χ2v) is 2.62. The Morgan fingerprint density at radius 1 is 1.73 bits per heavy atom. The van der Waals surface area contributed by atoms with Gasteiger partial charge in [0.05, 0.1) is 5.71 Å². The second-order valence-electron chi connectivity index (χ2n) is 2.62. The number of hydrogen-bond donors (Lipinski definition) is 1. The van der Waals surface area contributed by atoms with Gasteiger partial charge >= 0.3 is 6.03 Å². The minimum atomic E-state index is -0.226. The maximum Gasteiger partial charge on any atom is 0.341 e. The van der Waals surface area contributed by atoms with E-state index < -0.39 is 0 Å². The lowest BCUT2D eigenvalue weighted by molar-refractivity contribution is 0.247. The fourth-order valence-electron chi connectivity index (χ4n) is 0.984. The highest BCUT2D eigenvalue weighted by Crippen LogP contribution is 2.04. The molecule has 2 amide bonds. The largest absolute Gasteiger partial charge is 0.341 e. The van der Waals surface area contributed by atoms with Crippen molar-refractivity contribution < 1.29 is 4.79 Å². The van der Waals surface area contributed by atoms with Crippen molar-refractivity contribution in [1.82, 2.24) is 5.32 Å². The van der Waals surface area contributed by atoms with Gasteiger partial charge in [0.2, 0.25) is 0 Å². The third-order valence-corrected chi connectivity index (χ3v) is 1.63. The van der Waals surface area contributed by atoms with E-state index in [1.165, 1.54) is 0 Å². The number of carbonyl (C=O) groups is 1. The summed E-state index contributed by atoms with van der Waals surface area (Å²) in [6, 6.07) is -0.226. The topological polar surface area (TPSA) is 41.5 Å². The Morgan fingerprint density at radius 2 is 2.45 bits per heavy atom. The predicted octanol–water partition coefficient (Wildman–Crippen LogP) is 1.36. The standard InChI is InChI=1S/C8H12N2O/c1-3-4-7-6(2)5-9-8(11)10-7/h3-4,6H,5H2,1-2H3,(H,9,11)/b4-3-. The summed E-state index contributed by atoms with van der Waals surface area (Å²) in [5.74, 6) is 0.337. The predicted molar refractivity (Wildman–Crippen MR) is 44.8 cm³/mol. The molecule has 1 heterocycles. The van der Waals surface area contributed by atoms with Crippen LogP contribution in [0.4, 0.5) is 4.79 Å². The molecule has 0 spiro atoms. The van der Waals surface area contributed by atoms with Gasteiger partial charge in [0, 0.05) is 12.5 Å². The summed E-state index contributed by atoms with van der Waals surface area (Å²) in [4.78, 5) is 14.6. The van der Waals surface area contributed by atoms with E-state index >= 15 is 0 Å². The molecule has 0 aromatic carbocycles. The van der Waals surface area contributed by atoms with Crippen molar-refractivity contribution >= 4 is 11.7 Å². The van der Waals surface area contributed by atoms with E-state index in [9.17, 15) is 4.79 Å². The van der Waals surface area contributed by atoms with Crippen molar-refractivity contribution in [3.63, 3.8) is 0 Å². The van der Waals surface area contributed by atoms with E-state index in [-0.39, 0.29) is 6.03 Å². The lowest BCUT2D eigenvalue weighted by atomic mass is 10.0. The van der Waals surface area contributed by atoms with Crippen molar-refractivity contribution in [3.05, 3.63) is 12.2 Å². The van der Waals surface area contributed by atoms with Crippen molar-refractivity contribution in [2.75, 3.05) is 6.54 Å². The van der Waals surface area contributed by atoms with E-state index in [4.69, 9.17) is 0 Å². The van der Waals surface area contributed by atoms with Gasteiger partial charge in [-0.25, -0.2) is 4.79 Å². The Hall–Kier alpha value is -1.12. The maximum absolute atomic E-state index is 10.8. The molecule has 3 nitrogen and oxygen atoms in total. The summed E-state index contributed by atoms with van der Waals surface area (Å²) in [7, 11) is 0. The zero-order chi connectivity index (χ0) is 8.27. The molecule has 0 radical (unpaired) electrons. The molecule has 0 aromatic rings. The summed E-state index contributed by atoms with van der Waals surface area (Å²) in [5.41, 5.74) is 0.872. The van der Waals surface area contributed by atoms with Crippen LogP contribution in [0, 0.1) is 5.92 Å². The molecule has 0 saturated carbocycles. The van der Waals surface area contributed by atoms with Gasteiger partial charge in [0.1, 0.15) is 0 Å². The Balaban J connectivity index is 2.79. The molecule has 0 saturated heterocycles. The summed E-state index contributed by atoms with van der Waals surface area (Å²) < 4.78 is 0. The number of carbonyl (C=O) groups excluding carboxylic acids is 1.